The maximum atomic E-state index is 10.7. The first-order chi connectivity index (χ1) is 7.50. The number of nitrogens with one attached hydrogen (secondary N) is 1. The molecule has 0 radical (unpaired) electrons. The smallest absolute Gasteiger partial charge is 0.273 e. The van der Waals surface area contributed by atoms with Gasteiger partial charge in [0.05, 0.1) is 11.0 Å². The van der Waals surface area contributed by atoms with Crippen molar-refractivity contribution in [2.45, 2.75) is 19.4 Å². The molecule has 1 N–H and O–H groups in total. The van der Waals surface area contributed by atoms with E-state index in [9.17, 15) is 10.1 Å². The van der Waals surface area contributed by atoms with Gasteiger partial charge in [-0.1, -0.05) is 0 Å². The highest BCUT2D eigenvalue weighted by Crippen LogP contribution is 2.28. The van der Waals surface area contributed by atoms with Crippen LogP contribution in [0.15, 0.2) is 18.2 Å². The van der Waals surface area contributed by atoms with Gasteiger partial charge in [-0.2, -0.15) is 0 Å². The van der Waals surface area contributed by atoms with Crippen molar-refractivity contribution in [3.05, 3.63) is 33.9 Å². The van der Waals surface area contributed by atoms with Gasteiger partial charge < -0.3 is 10.1 Å². The minimum atomic E-state index is -0.409. The summed E-state index contributed by atoms with van der Waals surface area (Å²) in [4.78, 5) is 10.2. The lowest BCUT2D eigenvalue weighted by Gasteiger charge is -2.39. The number of benzene rings is 1. The van der Waals surface area contributed by atoms with Crippen LogP contribution in [-0.4, -0.2) is 23.6 Å². The Labute approximate surface area is 93.6 Å². The molecule has 1 aromatic carbocycles. The number of non-ortho nitro benzene ring substituents is 1. The fraction of sp³-hybridized carbons (Fsp3) is 0.455. The van der Waals surface area contributed by atoms with Gasteiger partial charge in [0, 0.05) is 19.2 Å². The van der Waals surface area contributed by atoms with Gasteiger partial charge in [-0.05, 0) is 25.5 Å². The fourth-order valence-corrected chi connectivity index (χ4v) is 1.63. The highest BCUT2D eigenvalue weighted by Gasteiger charge is 2.34. The number of hydrogen-bond acceptors (Lipinski definition) is 4. The van der Waals surface area contributed by atoms with E-state index < -0.39 is 4.92 Å². The van der Waals surface area contributed by atoms with Crippen LogP contribution in [0.25, 0.3) is 0 Å². The average Bonchev–Trinajstić information content (AvgIpc) is 2.18. The van der Waals surface area contributed by atoms with Crippen LogP contribution in [0.4, 0.5) is 5.69 Å². The van der Waals surface area contributed by atoms with Crippen LogP contribution >= 0.6 is 0 Å². The van der Waals surface area contributed by atoms with E-state index in [2.05, 4.69) is 5.32 Å². The van der Waals surface area contributed by atoms with Gasteiger partial charge in [0.1, 0.15) is 11.4 Å². The van der Waals surface area contributed by atoms with Gasteiger partial charge in [0.2, 0.25) is 0 Å². The lowest BCUT2D eigenvalue weighted by atomic mass is 10.00. The lowest BCUT2D eigenvalue weighted by Crippen LogP contribution is -2.61. The summed E-state index contributed by atoms with van der Waals surface area (Å²) in [6, 6.07) is 4.69. The van der Waals surface area contributed by atoms with Crippen LogP contribution in [0.2, 0.25) is 0 Å². The molecule has 1 heterocycles. The predicted octanol–water partition coefficient (Wildman–Crippen LogP) is 1.64. The average molecular weight is 222 g/mol. The lowest BCUT2D eigenvalue weighted by molar-refractivity contribution is -0.385. The summed E-state index contributed by atoms with van der Waals surface area (Å²) in [7, 11) is 0. The normalized spacial score (nSPS) is 17.6. The van der Waals surface area contributed by atoms with Crippen LogP contribution < -0.4 is 10.1 Å². The number of ether oxygens (including phenoxy) is 1. The number of hydrogen-bond donors (Lipinski definition) is 1. The van der Waals surface area contributed by atoms with E-state index in [1.807, 2.05) is 13.8 Å². The minimum Gasteiger partial charge on any atom is -0.484 e. The maximum Gasteiger partial charge on any atom is 0.273 e. The number of nitro groups is 1. The third-order valence-electron chi connectivity index (χ3n) is 2.74. The standard InChI is InChI=1S/C11H14N2O3/c1-8-3-4-9(13(14)15)5-10(8)16-11(2)6-12-7-11/h3-5,12H,6-7H2,1-2H3. The molecule has 86 valence electrons. The molecular weight excluding hydrogens is 208 g/mol. The van der Waals surface area contributed by atoms with Crippen LogP contribution in [-0.2, 0) is 0 Å². The molecular formula is C11H14N2O3. The van der Waals surface area contributed by atoms with Crippen molar-refractivity contribution < 1.29 is 9.66 Å². The molecule has 0 atom stereocenters. The van der Waals surface area contributed by atoms with Crippen molar-refractivity contribution >= 4 is 5.69 Å². The second-order valence-corrected chi connectivity index (χ2v) is 4.36. The Kier molecular flexibility index (Phi) is 2.55. The SMILES string of the molecule is Cc1ccc([N+](=O)[O-])cc1OC1(C)CNC1. The van der Waals surface area contributed by atoms with Crippen LogP contribution in [0.1, 0.15) is 12.5 Å². The van der Waals surface area contributed by atoms with Gasteiger partial charge >= 0.3 is 0 Å². The van der Waals surface area contributed by atoms with E-state index in [-0.39, 0.29) is 11.3 Å². The molecule has 5 heteroatoms. The van der Waals surface area contributed by atoms with E-state index in [1.54, 1.807) is 6.07 Å². The monoisotopic (exact) mass is 222 g/mol. The Morgan fingerprint density at radius 2 is 2.19 bits per heavy atom. The summed E-state index contributed by atoms with van der Waals surface area (Å²) in [5, 5.41) is 13.8. The summed E-state index contributed by atoms with van der Waals surface area (Å²) < 4.78 is 5.79. The van der Waals surface area contributed by atoms with Gasteiger partial charge in [-0.3, -0.25) is 10.1 Å². The Morgan fingerprint density at radius 3 is 2.69 bits per heavy atom. The van der Waals surface area contributed by atoms with Gasteiger partial charge in [-0.15, -0.1) is 0 Å². The number of nitro benzene ring substituents is 1. The van der Waals surface area contributed by atoms with E-state index in [4.69, 9.17) is 4.74 Å². The van der Waals surface area contributed by atoms with Gasteiger partial charge in [0.25, 0.3) is 5.69 Å². The highest BCUT2D eigenvalue weighted by atomic mass is 16.6. The molecule has 1 aromatic rings. The van der Waals surface area contributed by atoms with Crippen LogP contribution in [0, 0.1) is 17.0 Å². The molecule has 0 unspecified atom stereocenters. The summed E-state index contributed by atoms with van der Waals surface area (Å²) >= 11 is 0. The molecule has 1 saturated heterocycles. The zero-order valence-corrected chi connectivity index (χ0v) is 9.32. The van der Waals surface area contributed by atoms with E-state index in [0.29, 0.717) is 5.75 Å². The fourth-order valence-electron chi connectivity index (χ4n) is 1.63. The zero-order valence-electron chi connectivity index (χ0n) is 9.32. The Hall–Kier alpha value is -1.62. The Balaban J connectivity index is 2.25. The van der Waals surface area contributed by atoms with E-state index in [1.165, 1.54) is 12.1 Å². The summed E-state index contributed by atoms with van der Waals surface area (Å²) in [5.74, 6) is 0.596. The van der Waals surface area contributed by atoms with Gasteiger partial charge in [-0.25, -0.2) is 0 Å². The van der Waals surface area contributed by atoms with Crippen molar-refractivity contribution in [3.8, 4) is 5.75 Å². The largest absolute Gasteiger partial charge is 0.484 e. The van der Waals surface area contributed by atoms with Crippen molar-refractivity contribution in [3.63, 3.8) is 0 Å². The quantitative estimate of drug-likeness (QED) is 0.623. The first kappa shape index (κ1) is 10.9. The Morgan fingerprint density at radius 1 is 1.50 bits per heavy atom. The second kappa shape index (κ2) is 3.75. The zero-order chi connectivity index (χ0) is 11.8. The third-order valence-corrected chi connectivity index (χ3v) is 2.74. The molecule has 5 nitrogen and oxygen atoms in total. The van der Waals surface area contributed by atoms with Crippen LogP contribution in [0.3, 0.4) is 0 Å². The predicted molar refractivity (Wildman–Crippen MR) is 59.7 cm³/mol. The van der Waals surface area contributed by atoms with E-state index >= 15 is 0 Å². The summed E-state index contributed by atoms with van der Waals surface area (Å²) in [6.07, 6.45) is 0. The molecule has 1 fully saturated rings. The Bertz CT molecular complexity index is 427. The van der Waals surface area contributed by atoms with Crippen molar-refractivity contribution in [1.29, 1.82) is 0 Å². The first-order valence-electron chi connectivity index (χ1n) is 5.15. The molecule has 0 aliphatic carbocycles. The van der Waals surface area contributed by atoms with E-state index in [0.717, 1.165) is 18.7 Å². The molecule has 0 saturated carbocycles. The molecule has 1 aliphatic rings. The highest BCUT2D eigenvalue weighted by molar-refractivity contribution is 5.44. The first-order valence-corrected chi connectivity index (χ1v) is 5.15. The maximum absolute atomic E-state index is 10.7. The van der Waals surface area contributed by atoms with Gasteiger partial charge in [0.15, 0.2) is 0 Å². The molecule has 1 aliphatic heterocycles. The van der Waals surface area contributed by atoms with Crippen molar-refractivity contribution in [1.82, 2.24) is 5.32 Å². The van der Waals surface area contributed by atoms with Crippen LogP contribution in [0.5, 0.6) is 5.75 Å². The minimum absolute atomic E-state index is 0.0662. The topological polar surface area (TPSA) is 64.4 Å². The molecule has 2 rings (SSSR count). The molecule has 0 spiro atoms. The summed E-state index contributed by atoms with van der Waals surface area (Å²) in [6.45, 7) is 5.42. The molecule has 0 bridgehead atoms. The van der Waals surface area contributed by atoms with Crippen molar-refractivity contribution in [2.75, 3.05) is 13.1 Å². The molecule has 0 amide bonds. The number of rotatable bonds is 3. The molecule has 0 aromatic heterocycles. The number of aryl methyl sites for hydroxylation is 1. The number of nitrogens with zero attached hydrogens (tertiary/aromatic N) is 1. The van der Waals surface area contributed by atoms with Crippen molar-refractivity contribution in [2.24, 2.45) is 0 Å². The third kappa shape index (κ3) is 1.99. The summed E-state index contributed by atoms with van der Waals surface area (Å²) in [5.41, 5.74) is 0.746. The second-order valence-electron chi connectivity index (χ2n) is 4.36. The molecule has 16 heavy (non-hydrogen) atoms.